The van der Waals surface area contributed by atoms with E-state index in [-0.39, 0.29) is 5.91 Å². The van der Waals surface area contributed by atoms with Crippen molar-refractivity contribution in [3.05, 3.63) is 0 Å². The molecule has 3 heteroatoms. The molecule has 1 amide bonds. The smallest absolute Gasteiger partial charge is 0.236 e. The fraction of sp³-hybridized carbons (Fsp3) is 0.917. The summed E-state index contributed by atoms with van der Waals surface area (Å²) >= 11 is 0. The number of carbonyl (C=O) groups is 1. The van der Waals surface area contributed by atoms with Crippen molar-refractivity contribution in [1.82, 2.24) is 10.2 Å². The van der Waals surface area contributed by atoms with E-state index in [0.29, 0.717) is 6.54 Å². The van der Waals surface area contributed by atoms with Gasteiger partial charge in [0.1, 0.15) is 0 Å². The Bertz CT molecular complexity index is 186. The average Bonchev–Trinajstić information content (AvgIpc) is 2.29. The Labute approximate surface area is 93.2 Å². The first-order valence-electron chi connectivity index (χ1n) is 6.26. The third-order valence-electron chi connectivity index (χ3n) is 3.25. The minimum Gasteiger partial charge on any atom is -0.342 e. The van der Waals surface area contributed by atoms with Crippen molar-refractivity contribution in [2.75, 3.05) is 26.2 Å². The highest BCUT2D eigenvalue weighted by Gasteiger charge is 2.20. The Morgan fingerprint density at radius 1 is 1.33 bits per heavy atom. The van der Waals surface area contributed by atoms with Gasteiger partial charge in [0.15, 0.2) is 0 Å². The molecule has 0 aromatic carbocycles. The van der Waals surface area contributed by atoms with Crippen LogP contribution >= 0.6 is 0 Å². The van der Waals surface area contributed by atoms with Gasteiger partial charge in [0, 0.05) is 13.1 Å². The van der Waals surface area contributed by atoms with Gasteiger partial charge in [-0.15, -0.1) is 0 Å². The van der Waals surface area contributed by atoms with E-state index in [4.69, 9.17) is 0 Å². The summed E-state index contributed by atoms with van der Waals surface area (Å²) in [6.45, 7) is 7.74. The summed E-state index contributed by atoms with van der Waals surface area (Å²) in [5, 5.41) is 3.17. The molecule has 88 valence electrons. The second-order valence-electron chi connectivity index (χ2n) is 4.41. The number of hydrogen-bond donors (Lipinski definition) is 1. The average molecular weight is 212 g/mol. The Kier molecular flexibility index (Phi) is 5.69. The Morgan fingerprint density at radius 3 is 2.53 bits per heavy atom. The van der Waals surface area contributed by atoms with Crippen molar-refractivity contribution in [3.63, 3.8) is 0 Å². The summed E-state index contributed by atoms with van der Waals surface area (Å²) < 4.78 is 0. The highest BCUT2D eigenvalue weighted by Crippen LogP contribution is 2.19. The lowest BCUT2D eigenvalue weighted by Gasteiger charge is -2.31. The maximum atomic E-state index is 11.7. The number of piperidine rings is 1. The van der Waals surface area contributed by atoms with Crippen LogP contribution < -0.4 is 5.32 Å². The second-order valence-corrected chi connectivity index (χ2v) is 4.41. The Hall–Kier alpha value is -0.570. The minimum atomic E-state index is 0.276. The van der Waals surface area contributed by atoms with Crippen LogP contribution in [0.25, 0.3) is 0 Å². The van der Waals surface area contributed by atoms with Crippen LogP contribution in [0.15, 0.2) is 0 Å². The molecule has 0 spiro atoms. The maximum absolute atomic E-state index is 11.7. The molecule has 1 N–H and O–H groups in total. The summed E-state index contributed by atoms with van der Waals surface area (Å²) in [4.78, 5) is 13.7. The molecule has 1 aliphatic heterocycles. The summed E-state index contributed by atoms with van der Waals surface area (Å²) in [6, 6.07) is 0. The normalized spacial score (nSPS) is 18.1. The van der Waals surface area contributed by atoms with Crippen molar-refractivity contribution in [3.8, 4) is 0 Å². The van der Waals surface area contributed by atoms with Gasteiger partial charge in [0.05, 0.1) is 6.54 Å². The number of rotatable bonds is 5. The molecule has 0 atom stereocenters. The van der Waals surface area contributed by atoms with Crippen molar-refractivity contribution in [2.45, 2.75) is 39.5 Å². The SMILES string of the molecule is CCCNCC(=O)N1CCC(CC)CC1. The molecule has 0 aromatic heterocycles. The van der Waals surface area contributed by atoms with E-state index in [1.165, 1.54) is 19.3 Å². The number of hydrogen-bond acceptors (Lipinski definition) is 2. The number of nitrogens with zero attached hydrogens (tertiary/aromatic N) is 1. The van der Waals surface area contributed by atoms with Crippen molar-refractivity contribution in [1.29, 1.82) is 0 Å². The number of amides is 1. The van der Waals surface area contributed by atoms with Gasteiger partial charge in [-0.05, 0) is 31.7 Å². The molecule has 3 nitrogen and oxygen atoms in total. The molecule has 0 saturated carbocycles. The molecule has 0 aliphatic carbocycles. The van der Waals surface area contributed by atoms with Gasteiger partial charge in [-0.25, -0.2) is 0 Å². The summed E-state index contributed by atoms with van der Waals surface area (Å²) in [5.41, 5.74) is 0. The zero-order chi connectivity index (χ0) is 11.1. The summed E-state index contributed by atoms with van der Waals surface area (Å²) in [7, 11) is 0. The highest BCUT2D eigenvalue weighted by atomic mass is 16.2. The number of nitrogens with one attached hydrogen (secondary N) is 1. The zero-order valence-electron chi connectivity index (χ0n) is 10.1. The van der Waals surface area contributed by atoms with E-state index in [9.17, 15) is 4.79 Å². The van der Waals surface area contributed by atoms with Crippen molar-refractivity contribution in [2.24, 2.45) is 5.92 Å². The molecule has 1 saturated heterocycles. The largest absolute Gasteiger partial charge is 0.342 e. The zero-order valence-corrected chi connectivity index (χ0v) is 10.1. The first kappa shape index (κ1) is 12.5. The van der Waals surface area contributed by atoms with Gasteiger partial charge < -0.3 is 10.2 Å². The monoisotopic (exact) mass is 212 g/mol. The lowest BCUT2D eigenvalue weighted by atomic mass is 9.94. The third kappa shape index (κ3) is 4.20. The molecule has 0 bridgehead atoms. The number of carbonyl (C=O) groups excluding carboxylic acids is 1. The molecular formula is C12H24N2O. The summed E-state index contributed by atoms with van der Waals surface area (Å²) in [6.07, 6.45) is 4.73. The van der Waals surface area contributed by atoms with Gasteiger partial charge in [-0.2, -0.15) is 0 Å². The van der Waals surface area contributed by atoms with Crippen LogP contribution in [0.2, 0.25) is 0 Å². The van der Waals surface area contributed by atoms with Crippen LogP contribution in [0, 0.1) is 5.92 Å². The van der Waals surface area contributed by atoms with Gasteiger partial charge >= 0.3 is 0 Å². The van der Waals surface area contributed by atoms with Crippen molar-refractivity contribution >= 4 is 5.91 Å². The van der Waals surface area contributed by atoms with Crippen molar-refractivity contribution < 1.29 is 4.79 Å². The second kappa shape index (κ2) is 6.83. The van der Waals surface area contributed by atoms with Gasteiger partial charge in [-0.3, -0.25) is 4.79 Å². The molecule has 0 aromatic rings. The van der Waals surface area contributed by atoms with E-state index in [1.54, 1.807) is 0 Å². The van der Waals surface area contributed by atoms with E-state index >= 15 is 0 Å². The first-order chi connectivity index (χ1) is 7.27. The van der Waals surface area contributed by atoms with E-state index in [0.717, 1.165) is 32.0 Å². The quantitative estimate of drug-likeness (QED) is 0.703. The molecule has 1 heterocycles. The van der Waals surface area contributed by atoms with Crippen LogP contribution in [0.5, 0.6) is 0 Å². The highest BCUT2D eigenvalue weighted by molar-refractivity contribution is 5.78. The van der Waals surface area contributed by atoms with Crippen LogP contribution in [0.1, 0.15) is 39.5 Å². The van der Waals surface area contributed by atoms with E-state index < -0.39 is 0 Å². The lowest BCUT2D eigenvalue weighted by Crippen LogP contribution is -2.43. The summed E-state index contributed by atoms with van der Waals surface area (Å²) in [5.74, 6) is 1.12. The van der Waals surface area contributed by atoms with Gasteiger partial charge in [0.25, 0.3) is 0 Å². The van der Waals surface area contributed by atoms with Gasteiger partial charge in [-0.1, -0.05) is 20.3 Å². The standard InChI is InChI=1S/C12H24N2O/c1-3-7-13-10-12(15)14-8-5-11(4-2)6-9-14/h11,13H,3-10H2,1-2H3. The Balaban J connectivity index is 2.18. The third-order valence-corrected chi connectivity index (χ3v) is 3.25. The Morgan fingerprint density at radius 2 is 2.00 bits per heavy atom. The topological polar surface area (TPSA) is 32.3 Å². The van der Waals surface area contributed by atoms with Gasteiger partial charge in [0.2, 0.25) is 5.91 Å². The number of likely N-dealkylation sites (tertiary alicyclic amines) is 1. The molecule has 1 rings (SSSR count). The van der Waals surface area contributed by atoms with Crippen LogP contribution in [0.4, 0.5) is 0 Å². The molecular weight excluding hydrogens is 188 g/mol. The fourth-order valence-electron chi connectivity index (χ4n) is 2.07. The molecule has 1 aliphatic rings. The molecule has 15 heavy (non-hydrogen) atoms. The first-order valence-corrected chi connectivity index (χ1v) is 6.26. The minimum absolute atomic E-state index is 0.276. The maximum Gasteiger partial charge on any atom is 0.236 e. The fourth-order valence-corrected chi connectivity index (χ4v) is 2.07. The van der Waals surface area contributed by atoms with Crippen LogP contribution in [0.3, 0.4) is 0 Å². The lowest BCUT2D eigenvalue weighted by molar-refractivity contribution is -0.131. The molecule has 0 radical (unpaired) electrons. The molecule has 0 unspecified atom stereocenters. The van der Waals surface area contributed by atoms with E-state index in [2.05, 4.69) is 19.2 Å². The van der Waals surface area contributed by atoms with E-state index in [1.807, 2.05) is 4.90 Å². The molecule has 1 fully saturated rings. The van der Waals surface area contributed by atoms with Crippen LogP contribution in [-0.4, -0.2) is 37.0 Å². The van der Waals surface area contributed by atoms with Crippen LogP contribution in [-0.2, 0) is 4.79 Å². The predicted molar refractivity (Wildman–Crippen MR) is 62.8 cm³/mol. The predicted octanol–water partition coefficient (Wildman–Crippen LogP) is 1.63.